The number of para-hydroxylation sites is 1. The number of hydrogen-bond acceptors (Lipinski definition) is 3. The molecule has 4 heteroatoms. The molecule has 2 aromatic rings. The highest BCUT2D eigenvalue weighted by atomic mass is 16.5. The number of aromatic amines is 1. The average Bonchev–Trinajstić information content (AvgIpc) is 2.61. The van der Waals surface area contributed by atoms with Crippen LogP contribution in [0, 0.1) is 0 Å². The summed E-state index contributed by atoms with van der Waals surface area (Å²) in [4.78, 5) is 13.9. The molecule has 0 spiro atoms. The molecular formula is C12H14N2O2. The highest BCUT2D eigenvalue weighted by molar-refractivity contribution is 5.83. The van der Waals surface area contributed by atoms with E-state index >= 15 is 0 Å². The molecule has 0 fully saturated rings. The van der Waals surface area contributed by atoms with E-state index in [0.717, 1.165) is 16.5 Å². The lowest BCUT2D eigenvalue weighted by atomic mass is 10.1. The molecule has 16 heavy (non-hydrogen) atoms. The monoisotopic (exact) mass is 218 g/mol. The Bertz CT molecular complexity index is 504. The summed E-state index contributed by atoms with van der Waals surface area (Å²) in [5, 5.41) is 1.12. The molecular weight excluding hydrogens is 204 g/mol. The molecule has 1 heterocycles. The molecule has 0 saturated heterocycles. The van der Waals surface area contributed by atoms with Crippen molar-refractivity contribution >= 4 is 16.9 Å². The van der Waals surface area contributed by atoms with Crippen molar-refractivity contribution in [3.05, 3.63) is 36.0 Å². The lowest BCUT2D eigenvalue weighted by Gasteiger charge is -2.10. The molecule has 1 aromatic carbocycles. The van der Waals surface area contributed by atoms with E-state index in [-0.39, 0.29) is 5.97 Å². The Morgan fingerprint density at radius 2 is 2.25 bits per heavy atom. The lowest BCUT2D eigenvalue weighted by Crippen LogP contribution is -2.28. The van der Waals surface area contributed by atoms with Gasteiger partial charge in [-0.1, -0.05) is 18.2 Å². The summed E-state index contributed by atoms with van der Waals surface area (Å²) in [6, 6.07) is 7.95. The van der Waals surface area contributed by atoms with Gasteiger partial charge in [0.25, 0.3) is 0 Å². The molecule has 3 N–H and O–H groups in total. The van der Waals surface area contributed by atoms with Gasteiger partial charge in [-0.2, -0.15) is 0 Å². The van der Waals surface area contributed by atoms with E-state index in [1.807, 2.05) is 30.5 Å². The smallest absolute Gasteiger partial charge is 0.304 e. The molecule has 0 saturated carbocycles. The second-order valence-electron chi connectivity index (χ2n) is 3.71. The first-order chi connectivity index (χ1) is 7.66. The third kappa shape index (κ3) is 2.23. The van der Waals surface area contributed by atoms with E-state index < -0.39 is 6.23 Å². The Kier molecular flexibility index (Phi) is 2.92. The first-order valence-corrected chi connectivity index (χ1v) is 5.14. The number of benzene rings is 1. The zero-order valence-corrected chi connectivity index (χ0v) is 9.07. The van der Waals surface area contributed by atoms with Crippen LogP contribution in [0.2, 0.25) is 0 Å². The van der Waals surface area contributed by atoms with Crippen LogP contribution in [0.15, 0.2) is 30.5 Å². The molecule has 0 aliphatic carbocycles. The lowest BCUT2D eigenvalue weighted by molar-refractivity contribution is -0.145. The van der Waals surface area contributed by atoms with Gasteiger partial charge in [0.05, 0.1) is 0 Å². The van der Waals surface area contributed by atoms with Crippen LogP contribution >= 0.6 is 0 Å². The Morgan fingerprint density at radius 3 is 3.00 bits per heavy atom. The van der Waals surface area contributed by atoms with Crippen molar-refractivity contribution in [3.8, 4) is 0 Å². The fourth-order valence-electron chi connectivity index (χ4n) is 1.77. The van der Waals surface area contributed by atoms with Crippen LogP contribution in [0.4, 0.5) is 0 Å². The SMILES string of the molecule is CC(=O)OC(N)Cc1c[nH]c2ccccc12. The second-order valence-corrected chi connectivity index (χ2v) is 3.71. The van der Waals surface area contributed by atoms with Gasteiger partial charge in [0.15, 0.2) is 6.23 Å². The van der Waals surface area contributed by atoms with Crippen molar-refractivity contribution in [2.24, 2.45) is 5.73 Å². The molecule has 0 amide bonds. The van der Waals surface area contributed by atoms with Gasteiger partial charge in [0.2, 0.25) is 0 Å². The highest BCUT2D eigenvalue weighted by Gasteiger charge is 2.10. The molecule has 0 aliphatic heterocycles. The zero-order chi connectivity index (χ0) is 11.5. The van der Waals surface area contributed by atoms with Crippen LogP contribution in [0.5, 0.6) is 0 Å². The maximum absolute atomic E-state index is 10.7. The Hall–Kier alpha value is -1.81. The van der Waals surface area contributed by atoms with Gasteiger partial charge < -0.3 is 9.72 Å². The Balaban J connectivity index is 2.18. The third-order valence-corrected chi connectivity index (χ3v) is 2.41. The van der Waals surface area contributed by atoms with Crippen molar-refractivity contribution in [2.45, 2.75) is 19.6 Å². The highest BCUT2D eigenvalue weighted by Crippen LogP contribution is 2.18. The van der Waals surface area contributed by atoms with Crippen molar-refractivity contribution < 1.29 is 9.53 Å². The number of carbonyl (C=O) groups is 1. The minimum absolute atomic E-state index is 0.354. The number of nitrogens with one attached hydrogen (secondary N) is 1. The molecule has 84 valence electrons. The quantitative estimate of drug-likeness (QED) is 0.606. The average molecular weight is 218 g/mol. The minimum atomic E-state index is -0.586. The van der Waals surface area contributed by atoms with Crippen molar-refractivity contribution in [2.75, 3.05) is 0 Å². The molecule has 4 nitrogen and oxygen atoms in total. The summed E-state index contributed by atoms with van der Waals surface area (Å²) in [5.74, 6) is -0.354. The van der Waals surface area contributed by atoms with Gasteiger partial charge >= 0.3 is 5.97 Å². The Labute approximate surface area is 93.4 Å². The number of ether oxygens (including phenoxy) is 1. The fourth-order valence-corrected chi connectivity index (χ4v) is 1.77. The molecule has 1 unspecified atom stereocenters. The predicted octanol–water partition coefficient (Wildman–Crippen LogP) is 1.56. The number of carbonyl (C=O) groups excluding carboxylic acids is 1. The van der Waals surface area contributed by atoms with Crippen molar-refractivity contribution in [3.63, 3.8) is 0 Å². The van der Waals surface area contributed by atoms with Crippen LogP contribution in [-0.2, 0) is 16.0 Å². The number of aromatic nitrogens is 1. The normalized spacial score (nSPS) is 12.6. The summed E-state index contributed by atoms with van der Waals surface area (Å²) in [6.07, 6.45) is 1.83. The minimum Gasteiger partial charge on any atom is -0.447 e. The van der Waals surface area contributed by atoms with E-state index in [9.17, 15) is 4.79 Å². The zero-order valence-electron chi connectivity index (χ0n) is 9.07. The predicted molar refractivity (Wildman–Crippen MR) is 61.7 cm³/mol. The number of nitrogens with two attached hydrogens (primary N) is 1. The van der Waals surface area contributed by atoms with E-state index in [0.29, 0.717) is 6.42 Å². The van der Waals surface area contributed by atoms with Gasteiger partial charge in [-0.05, 0) is 11.6 Å². The standard InChI is InChI=1S/C12H14N2O2/c1-8(15)16-12(13)6-9-7-14-11-5-3-2-4-10(9)11/h2-5,7,12,14H,6,13H2,1H3. The summed E-state index contributed by atoms with van der Waals surface area (Å²) in [7, 11) is 0. The second kappa shape index (κ2) is 4.37. The largest absolute Gasteiger partial charge is 0.447 e. The van der Waals surface area contributed by atoms with Gasteiger partial charge in [0.1, 0.15) is 0 Å². The van der Waals surface area contributed by atoms with Crippen molar-refractivity contribution in [1.82, 2.24) is 4.98 Å². The third-order valence-electron chi connectivity index (χ3n) is 2.41. The van der Waals surface area contributed by atoms with Gasteiger partial charge in [-0.25, -0.2) is 0 Å². The van der Waals surface area contributed by atoms with E-state index in [1.165, 1.54) is 6.92 Å². The van der Waals surface area contributed by atoms with Crippen LogP contribution in [0.3, 0.4) is 0 Å². The summed E-state index contributed by atoms with van der Waals surface area (Å²) < 4.78 is 4.90. The molecule has 2 rings (SSSR count). The number of hydrogen-bond donors (Lipinski definition) is 2. The summed E-state index contributed by atoms with van der Waals surface area (Å²) in [6.45, 7) is 1.36. The molecule has 0 radical (unpaired) electrons. The van der Waals surface area contributed by atoms with E-state index in [1.54, 1.807) is 0 Å². The van der Waals surface area contributed by atoms with Gasteiger partial charge in [-0.3, -0.25) is 10.5 Å². The van der Waals surface area contributed by atoms with E-state index in [4.69, 9.17) is 10.5 Å². The molecule has 0 aliphatic rings. The first kappa shape index (κ1) is 10.7. The number of fused-ring (bicyclic) bond motifs is 1. The van der Waals surface area contributed by atoms with Gasteiger partial charge in [0, 0.05) is 30.4 Å². The maximum atomic E-state index is 10.7. The topological polar surface area (TPSA) is 68.1 Å². The van der Waals surface area contributed by atoms with Crippen LogP contribution in [-0.4, -0.2) is 17.2 Å². The fraction of sp³-hybridized carbons (Fsp3) is 0.250. The Morgan fingerprint density at radius 1 is 1.50 bits per heavy atom. The molecule has 1 aromatic heterocycles. The number of H-pyrrole nitrogens is 1. The van der Waals surface area contributed by atoms with Crippen LogP contribution in [0.25, 0.3) is 10.9 Å². The van der Waals surface area contributed by atoms with Crippen LogP contribution < -0.4 is 5.73 Å². The summed E-state index contributed by atoms with van der Waals surface area (Å²) in [5.41, 5.74) is 7.82. The number of rotatable bonds is 3. The van der Waals surface area contributed by atoms with Crippen LogP contribution in [0.1, 0.15) is 12.5 Å². The molecule has 1 atom stereocenters. The first-order valence-electron chi connectivity index (χ1n) is 5.14. The van der Waals surface area contributed by atoms with E-state index in [2.05, 4.69) is 4.98 Å². The van der Waals surface area contributed by atoms with Gasteiger partial charge in [-0.15, -0.1) is 0 Å². The summed E-state index contributed by atoms with van der Waals surface area (Å²) >= 11 is 0. The maximum Gasteiger partial charge on any atom is 0.304 e. The van der Waals surface area contributed by atoms with Crippen molar-refractivity contribution in [1.29, 1.82) is 0 Å². The number of esters is 1. The molecule has 0 bridgehead atoms.